The average Bonchev–Trinajstić information content (AvgIpc) is 3.30. The van der Waals surface area contributed by atoms with Crippen molar-refractivity contribution in [3.05, 3.63) is 48.0 Å². The molecule has 0 amide bonds. The van der Waals surface area contributed by atoms with Crippen molar-refractivity contribution in [2.75, 3.05) is 0 Å². The van der Waals surface area contributed by atoms with Gasteiger partial charge in [0.1, 0.15) is 0 Å². The first-order valence-electron chi connectivity index (χ1n) is 7.30. The second kappa shape index (κ2) is 3.22. The highest BCUT2D eigenvalue weighted by Crippen LogP contribution is 2.68. The molecule has 3 aromatic rings. The Bertz CT molecular complexity index is 803. The highest BCUT2D eigenvalue weighted by Gasteiger charge is 2.63. The molecule has 1 aromatic heterocycles. The van der Waals surface area contributed by atoms with Crippen molar-refractivity contribution in [2.24, 2.45) is 17.8 Å². The predicted octanol–water partition coefficient (Wildman–Crippen LogP) is 4.37. The summed E-state index contributed by atoms with van der Waals surface area (Å²) in [4.78, 5) is 0. The van der Waals surface area contributed by atoms with Gasteiger partial charge in [-0.3, -0.25) is 0 Å². The molecule has 0 spiro atoms. The van der Waals surface area contributed by atoms with Gasteiger partial charge in [0.15, 0.2) is 0 Å². The van der Waals surface area contributed by atoms with Crippen LogP contribution < -0.4 is 0 Å². The Labute approximate surface area is 112 Å². The standard InChI is InChI=1S/C18H17N/c1-11-6-7-18-15(8-11)12-4-2-3-5-17(12)19(18)10-16-13-9-14(13)16/h2-8,13-14,16H,9-10H2,1H3. The molecule has 2 saturated carbocycles. The van der Waals surface area contributed by atoms with Crippen molar-refractivity contribution in [2.45, 2.75) is 19.9 Å². The van der Waals surface area contributed by atoms with Crippen molar-refractivity contribution in [3.8, 4) is 0 Å². The third-order valence-electron chi connectivity index (χ3n) is 5.17. The fourth-order valence-electron chi connectivity index (χ4n) is 3.76. The van der Waals surface area contributed by atoms with Crippen LogP contribution in [0.2, 0.25) is 0 Å². The first-order chi connectivity index (χ1) is 9.33. The average molecular weight is 247 g/mol. The maximum Gasteiger partial charge on any atom is 0.0491 e. The van der Waals surface area contributed by atoms with E-state index in [4.69, 9.17) is 0 Å². The first-order valence-corrected chi connectivity index (χ1v) is 7.30. The Kier molecular flexibility index (Phi) is 1.71. The van der Waals surface area contributed by atoms with E-state index in [1.807, 2.05) is 0 Å². The van der Waals surface area contributed by atoms with Gasteiger partial charge in [-0.2, -0.15) is 0 Å². The number of rotatable bonds is 2. The molecule has 2 aromatic carbocycles. The van der Waals surface area contributed by atoms with Gasteiger partial charge >= 0.3 is 0 Å². The number of hydrogen-bond donors (Lipinski definition) is 0. The maximum atomic E-state index is 2.56. The molecule has 1 heteroatoms. The van der Waals surface area contributed by atoms with Crippen LogP contribution in [0.5, 0.6) is 0 Å². The van der Waals surface area contributed by atoms with E-state index in [9.17, 15) is 0 Å². The first kappa shape index (κ1) is 10.1. The molecule has 2 atom stereocenters. The summed E-state index contributed by atoms with van der Waals surface area (Å²) in [6.07, 6.45) is 1.50. The minimum Gasteiger partial charge on any atom is -0.340 e. The van der Waals surface area contributed by atoms with Gasteiger partial charge in [0.25, 0.3) is 0 Å². The summed E-state index contributed by atoms with van der Waals surface area (Å²) >= 11 is 0. The number of fused-ring (bicyclic) bond motifs is 4. The third kappa shape index (κ3) is 1.30. The number of nitrogens with zero attached hydrogens (tertiary/aromatic N) is 1. The largest absolute Gasteiger partial charge is 0.340 e. The summed E-state index contributed by atoms with van der Waals surface area (Å²) in [5.41, 5.74) is 4.18. The molecular formula is C18H17N. The van der Waals surface area contributed by atoms with Crippen LogP contribution in [0.25, 0.3) is 21.8 Å². The Balaban J connectivity index is 1.80. The quantitative estimate of drug-likeness (QED) is 0.633. The van der Waals surface area contributed by atoms with Gasteiger partial charge in [-0.05, 0) is 49.3 Å². The number of benzene rings is 2. The molecule has 0 bridgehead atoms. The molecule has 5 rings (SSSR count). The minimum absolute atomic E-state index is 0.973. The minimum atomic E-state index is 0.973. The fourth-order valence-corrected chi connectivity index (χ4v) is 3.76. The molecule has 94 valence electrons. The molecule has 2 aliphatic carbocycles. The molecule has 2 aliphatic rings. The monoisotopic (exact) mass is 247 g/mol. The summed E-state index contributed by atoms with van der Waals surface area (Å²) in [6.45, 7) is 3.41. The van der Waals surface area contributed by atoms with Crippen molar-refractivity contribution >= 4 is 21.8 Å². The van der Waals surface area contributed by atoms with Crippen LogP contribution in [0.4, 0.5) is 0 Å². The molecule has 1 nitrogen and oxygen atoms in total. The summed E-state index contributed by atoms with van der Waals surface area (Å²) in [7, 11) is 0. The van der Waals surface area contributed by atoms with E-state index in [1.165, 1.54) is 40.3 Å². The lowest BCUT2D eigenvalue weighted by Crippen LogP contribution is -2.04. The van der Waals surface area contributed by atoms with Crippen molar-refractivity contribution < 1.29 is 0 Å². The SMILES string of the molecule is Cc1ccc2c(c1)c1ccccc1n2CC1C2CC21. The molecule has 1 heterocycles. The van der Waals surface area contributed by atoms with Gasteiger partial charge in [0, 0.05) is 28.4 Å². The van der Waals surface area contributed by atoms with Crippen molar-refractivity contribution in [1.82, 2.24) is 4.57 Å². The van der Waals surface area contributed by atoms with Gasteiger partial charge in [0.2, 0.25) is 0 Å². The summed E-state index contributed by atoms with van der Waals surface area (Å²) < 4.78 is 2.56. The second-order valence-corrected chi connectivity index (χ2v) is 6.38. The highest BCUT2D eigenvalue weighted by molar-refractivity contribution is 6.08. The van der Waals surface area contributed by atoms with Gasteiger partial charge in [-0.15, -0.1) is 0 Å². The molecule has 2 unspecified atom stereocenters. The Morgan fingerprint density at radius 1 is 1.00 bits per heavy atom. The number of para-hydroxylation sites is 1. The smallest absolute Gasteiger partial charge is 0.0491 e. The number of aryl methyl sites for hydroxylation is 1. The van der Waals surface area contributed by atoms with Crippen LogP contribution in [0.1, 0.15) is 12.0 Å². The van der Waals surface area contributed by atoms with E-state index in [1.54, 1.807) is 0 Å². The van der Waals surface area contributed by atoms with Crippen LogP contribution in [-0.2, 0) is 6.54 Å². The zero-order valence-electron chi connectivity index (χ0n) is 11.1. The topological polar surface area (TPSA) is 4.93 Å². The van der Waals surface area contributed by atoms with Gasteiger partial charge in [-0.1, -0.05) is 29.8 Å². The van der Waals surface area contributed by atoms with Gasteiger partial charge < -0.3 is 4.57 Å². The maximum absolute atomic E-state index is 2.56. The lowest BCUT2D eigenvalue weighted by Gasteiger charge is -2.09. The molecule has 19 heavy (non-hydrogen) atoms. The zero-order chi connectivity index (χ0) is 12.6. The molecular weight excluding hydrogens is 230 g/mol. The Morgan fingerprint density at radius 2 is 1.79 bits per heavy atom. The third-order valence-corrected chi connectivity index (χ3v) is 5.17. The predicted molar refractivity (Wildman–Crippen MR) is 79.3 cm³/mol. The molecule has 0 radical (unpaired) electrons. The van der Waals surface area contributed by atoms with E-state index >= 15 is 0 Å². The summed E-state index contributed by atoms with van der Waals surface area (Å²) in [5.74, 6) is 3.11. The Morgan fingerprint density at radius 3 is 2.58 bits per heavy atom. The van der Waals surface area contributed by atoms with E-state index in [2.05, 4.69) is 54.0 Å². The van der Waals surface area contributed by atoms with Crippen LogP contribution >= 0.6 is 0 Å². The van der Waals surface area contributed by atoms with Gasteiger partial charge in [0.05, 0.1) is 0 Å². The van der Waals surface area contributed by atoms with Crippen molar-refractivity contribution in [3.63, 3.8) is 0 Å². The normalized spacial score (nSPS) is 27.7. The molecule has 0 saturated heterocycles. The van der Waals surface area contributed by atoms with Crippen LogP contribution in [0.3, 0.4) is 0 Å². The lowest BCUT2D eigenvalue weighted by atomic mass is 10.1. The zero-order valence-corrected chi connectivity index (χ0v) is 11.1. The van der Waals surface area contributed by atoms with Crippen LogP contribution in [0, 0.1) is 24.7 Å². The second-order valence-electron chi connectivity index (χ2n) is 6.38. The van der Waals surface area contributed by atoms with E-state index in [0.29, 0.717) is 0 Å². The molecule has 2 fully saturated rings. The molecule has 0 N–H and O–H groups in total. The highest BCUT2D eigenvalue weighted by atomic mass is 15.0. The van der Waals surface area contributed by atoms with Crippen molar-refractivity contribution in [1.29, 1.82) is 0 Å². The Hall–Kier alpha value is -1.76. The fraction of sp³-hybridized carbons (Fsp3) is 0.333. The number of aromatic nitrogens is 1. The van der Waals surface area contributed by atoms with E-state index < -0.39 is 0 Å². The summed E-state index contributed by atoms with van der Waals surface area (Å²) in [5, 5.41) is 2.83. The molecule has 0 aliphatic heterocycles. The van der Waals surface area contributed by atoms with E-state index in [-0.39, 0.29) is 0 Å². The number of hydrogen-bond acceptors (Lipinski definition) is 0. The van der Waals surface area contributed by atoms with Crippen LogP contribution in [-0.4, -0.2) is 4.57 Å². The van der Waals surface area contributed by atoms with Crippen LogP contribution in [0.15, 0.2) is 42.5 Å². The van der Waals surface area contributed by atoms with E-state index in [0.717, 1.165) is 17.8 Å². The lowest BCUT2D eigenvalue weighted by molar-refractivity contribution is 0.529. The summed E-state index contributed by atoms with van der Waals surface area (Å²) in [6, 6.07) is 15.7. The van der Waals surface area contributed by atoms with Gasteiger partial charge in [-0.25, -0.2) is 0 Å².